The fourth-order valence-corrected chi connectivity index (χ4v) is 4.64. The normalized spacial score (nSPS) is 13.0. The standard InChI is InChI=1S/C24H23FN2O4S/c1-27(32(29,30)22-9-7-21(25)8-10-22)16-24(28)26-15-17-2-4-18(5-3-17)19-6-11-23-20(14-19)12-13-31-23/h2-11,14H,12-13,15-16H2,1H3,(H,26,28). The van der Waals surface area contributed by atoms with Gasteiger partial charge in [0.15, 0.2) is 0 Å². The zero-order chi connectivity index (χ0) is 22.7. The zero-order valence-corrected chi connectivity index (χ0v) is 18.4. The highest BCUT2D eigenvalue weighted by molar-refractivity contribution is 7.89. The topological polar surface area (TPSA) is 75.7 Å². The van der Waals surface area contributed by atoms with E-state index < -0.39 is 21.7 Å². The Hall–Kier alpha value is -3.23. The summed E-state index contributed by atoms with van der Waals surface area (Å²) in [5.74, 6) is -0.0130. The van der Waals surface area contributed by atoms with Gasteiger partial charge in [-0.2, -0.15) is 4.31 Å². The van der Waals surface area contributed by atoms with Gasteiger partial charge in [0.05, 0.1) is 18.0 Å². The summed E-state index contributed by atoms with van der Waals surface area (Å²) in [6.45, 7) is 0.661. The summed E-state index contributed by atoms with van der Waals surface area (Å²) in [6.07, 6.45) is 0.915. The number of sulfonamides is 1. The second-order valence-electron chi connectivity index (χ2n) is 7.61. The van der Waals surface area contributed by atoms with Crippen LogP contribution in [-0.4, -0.2) is 38.8 Å². The summed E-state index contributed by atoms with van der Waals surface area (Å²) in [5, 5.41) is 2.73. The van der Waals surface area contributed by atoms with Crippen LogP contribution in [0.4, 0.5) is 4.39 Å². The molecule has 0 fully saturated rings. The molecule has 0 unspecified atom stereocenters. The van der Waals surface area contributed by atoms with Crippen LogP contribution in [0.25, 0.3) is 11.1 Å². The van der Waals surface area contributed by atoms with E-state index in [1.165, 1.54) is 24.7 Å². The van der Waals surface area contributed by atoms with Gasteiger partial charge in [0.25, 0.3) is 0 Å². The van der Waals surface area contributed by atoms with Crippen molar-refractivity contribution in [1.29, 1.82) is 0 Å². The van der Waals surface area contributed by atoms with Gasteiger partial charge in [-0.3, -0.25) is 4.79 Å². The fourth-order valence-electron chi connectivity index (χ4n) is 3.51. The van der Waals surface area contributed by atoms with Crippen LogP contribution in [0.1, 0.15) is 11.1 Å². The molecule has 0 atom stereocenters. The smallest absolute Gasteiger partial charge is 0.243 e. The van der Waals surface area contributed by atoms with E-state index in [9.17, 15) is 17.6 Å². The molecule has 0 bridgehead atoms. The predicted molar refractivity (Wildman–Crippen MR) is 119 cm³/mol. The highest BCUT2D eigenvalue weighted by atomic mass is 32.2. The minimum atomic E-state index is -3.88. The molecule has 0 saturated carbocycles. The van der Waals surface area contributed by atoms with Crippen LogP contribution in [0.15, 0.2) is 71.6 Å². The van der Waals surface area contributed by atoms with Gasteiger partial charge < -0.3 is 10.1 Å². The third-order valence-electron chi connectivity index (χ3n) is 5.35. The van der Waals surface area contributed by atoms with Crippen molar-refractivity contribution in [3.63, 3.8) is 0 Å². The molecule has 3 aromatic carbocycles. The molecule has 1 aliphatic rings. The van der Waals surface area contributed by atoms with Crippen LogP contribution >= 0.6 is 0 Å². The van der Waals surface area contributed by atoms with Crippen molar-refractivity contribution in [3.8, 4) is 16.9 Å². The summed E-state index contributed by atoms with van der Waals surface area (Å²) in [5.41, 5.74) is 4.28. The lowest BCUT2D eigenvalue weighted by Gasteiger charge is -2.17. The molecule has 0 radical (unpaired) electrons. The van der Waals surface area contributed by atoms with E-state index in [-0.39, 0.29) is 18.0 Å². The maximum atomic E-state index is 13.0. The number of nitrogens with one attached hydrogen (secondary N) is 1. The molecule has 0 spiro atoms. The molecule has 3 aromatic rings. The molecular formula is C24H23FN2O4S. The average molecular weight is 455 g/mol. The van der Waals surface area contributed by atoms with E-state index in [1.807, 2.05) is 36.4 Å². The molecule has 8 heteroatoms. The van der Waals surface area contributed by atoms with E-state index in [0.717, 1.165) is 51.9 Å². The first kappa shape index (κ1) is 22.0. The summed E-state index contributed by atoms with van der Waals surface area (Å²) in [4.78, 5) is 12.2. The molecule has 166 valence electrons. The number of carbonyl (C=O) groups excluding carboxylic acids is 1. The average Bonchev–Trinajstić information content (AvgIpc) is 3.26. The second kappa shape index (κ2) is 9.10. The molecule has 1 N–H and O–H groups in total. The summed E-state index contributed by atoms with van der Waals surface area (Å²) in [6, 6.07) is 18.5. The van der Waals surface area contributed by atoms with Gasteiger partial charge in [-0.1, -0.05) is 30.3 Å². The number of amides is 1. The van der Waals surface area contributed by atoms with Crippen molar-refractivity contribution in [2.24, 2.45) is 0 Å². The van der Waals surface area contributed by atoms with E-state index in [0.29, 0.717) is 0 Å². The lowest BCUT2D eigenvalue weighted by Crippen LogP contribution is -2.38. The largest absolute Gasteiger partial charge is 0.493 e. The SMILES string of the molecule is CN(CC(=O)NCc1ccc(-c2ccc3c(c2)CCO3)cc1)S(=O)(=O)c1ccc(F)cc1. The molecule has 1 heterocycles. The Bertz CT molecular complexity index is 1230. The first-order chi connectivity index (χ1) is 15.3. The molecule has 32 heavy (non-hydrogen) atoms. The van der Waals surface area contributed by atoms with Crippen molar-refractivity contribution < 1.29 is 22.3 Å². The number of ether oxygens (including phenoxy) is 1. The third kappa shape index (κ3) is 4.81. The van der Waals surface area contributed by atoms with Crippen LogP contribution in [-0.2, 0) is 27.8 Å². The summed E-state index contributed by atoms with van der Waals surface area (Å²) in [7, 11) is -2.56. The van der Waals surface area contributed by atoms with Gasteiger partial charge in [0, 0.05) is 20.0 Å². The van der Waals surface area contributed by atoms with Gasteiger partial charge in [-0.15, -0.1) is 0 Å². The minimum absolute atomic E-state index is 0.0668. The molecule has 6 nitrogen and oxygen atoms in total. The highest BCUT2D eigenvalue weighted by Gasteiger charge is 2.23. The van der Waals surface area contributed by atoms with Crippen LogP contribution in [0.5, 0.6) is 5.75 Å². The van der Waals surface area contributed by atoms with Crippen LogP contribution in [0.3, 0.4) is 0 Å². The first-order valence-electron chi connectivity index (χ1n) is 10.2. The number of carbonyl (C=O) groups is 1. The maximum Gasteiger partial charge on any atom is 0.243 e. The Balaban J connectivity index is 1.33. The highest BCUT2D eigenvalue weighted by Crippen LogP contribution is 2.30. The summed E-state index contributed by atoms with van der Waals surface area (Å²) >= 11 is 0. The molecule has 1 amide bonds. The molecule has 0 aromatic heterocycles. The van der Waals surface area contributed by atoms with Crippen molar-refractivity contribution in [2.45, 2.75) is 17.9 Å². The van der Waals surface area contributed by atoms with Gasteiger partial charge in [0.1, 0.15) is 11.6 Å². The quantitative estimate of drug-likeness (QED) is 0.594. The van der Waals surface area contributed by atoms with Gasteiger partial charge in [0.2, 0.25) is 15.9 Å². The van der Waals surface area contributed by atoms with Gasteiger partial charge in [-0.05, 0) is 58.7 Å². The predicted octanol–water partition coefficient (Wildman–Crippen LogP) is 3.36. The lowest BCUT2D eigenvalue weighted by atomic mass is 10.0. The van der Waals surface area contributed by atoms with E-state index in [4.69, 9.17) is 4.74 Å². The van der Waals surface area contributed by atoms with E-state index in [1.54, 1.807) is 0 Å². The molecule has 4 rings (SSSR count). The van der Waals surface area contributed by atoms with Crippen LogP contribution in [0, 0.1) is 5.82 Å². The Morgan fingerprint density at radius 2 is 1.72 bits per heavy atom. The van der Waals surface area contributed by atoms with Crippen molar-refractivity contribution >= 4 is 15.9 Å². The summed E-state index contributed by atoms with van der Waals surface area (Å²) < 4.78 is 44.6. The van der Waals surface area contributed by atoms with Gasteiger partial charge >= 0.3 is 0 Å². The lowest BCUT2D eigenvalue weighted by molar-refractivity contribution is -0.121. The van der Waals surface area contributed by atoms with Crippen molar-refractivity contribution in [2.75, 3.05) is 20.2 Å². The number of rotatable bonds is 7. The number of fused-ring (bicyclic) bond motifs is 1. The molecular weight excluding hydrogens is 431 g/mol. The second-order valence-corrected chi connectivity index (χ2v) is 9.65. The van der Waals surface area contributed by atoms with E-state index in [2.05, 4.69) is 11.4 Å². The number of nitrogens with zero attached hydrogens (tertiary/aromatic N) is 1. The number of halogens is 1. The van der Waals surface area contributed by atoms with Crippen molar-refractivity contribution in [1.82, 2.24) is 9.62 Å². The Morgan fingerprint density at radius 1 is 1.03 bits per heavy atom. The van der Waals surface area contributed by atoms with E-state index >= 15 is 0 Å². The first-order valence-corrected chi connectivity index (χ1v) is 11.6. The van der Waals surface area contributed by atoms with Crippen LogP contribution < -0.4 is 10.1 Å². The number of benzene rings is 3. The zero-order valence-electron chi connectivity index (χ0n) is 17.5. The number of likely N-dealkylation sites (N-methyl/N-ethyl adjacent to an activating group) is 1. The fraction of sp³-hybridized carbons (Fsp3) is 0.208. The Morgan fingerprint density at radius 3 is 2.44 bits per heavy atom. The number of hydrogen-bond donors (Lipinski definition) is 1. The molecule has 1 aliphatic heterocycles. The molecule has 0 aliphatic carbocycles. The van der Waals surface area contributed by atoms with Gasteiger partial charge in [-0.25, -0.2) is 12.8 Å². The minimum Gasteiger partial charge on any atom is -0.493 e. The third-order valence-corrected chi connectivity index (χ3v) is 7.17. The molecule has 0 saturated heterocycles. The maximum absolute atomic E-state index is 13.0. The van der Waals surface area contributed by atoms with Crippen LogP contribution in [0.2, 0.25) is 0 Å². The Labute approximate surface area is 186 Å². The Kier molecular flexibility index (Phi) is 6.25. The monoisotopic (exact) mass is 454 g/mol. The number of hydrogen-bond acceptors (Lipinski definition) is 4. The van der Waals surface area contributed by atoms with Crippen molar-refractivity contribution in [3.05, 3.63) is 83.7 Å².